The zero-order valence-electron chi connectivity index (χ0n) is 11.0. The Morgan fingerprint density at radius 2 is 2.29 bits per heavy atom. The first kappa shape index (κ1) is 12.6. The molecule has 1 aliphatic rings. The summed E-state index contributed by atoms with van der Waals surface area (Å²) in [4.78, 5) is 4.34. The van der Waals surface area contributed by atoms with Crippen molar-refractivity contribution in [3.05, 3.63) is 17.8 Å². The SMILES string of the molecule is CC(C)CNCCCc1ncc(CC2CC2)o1. The van der Waals surface area contributed by atoms with Gasteiger partial charge < -0.3 is 9.73 Å². The monoisotopic (exact) mass is 236 g/mol. The minimum absolute atomic E-state index is 0.724. The van der Waals surface area contributed by atoms with Crippen LogP contribution in [0.4, 0.5) is 0 Å². The molecule has 0 saturated heterocycles. The third kappa shape index (κ3) is 4.90. The molecule has 0 atom stereocenters. The predicted molar refractivity (Wildman–Crippen MR) is 69.0 cm³/mol. The third-order valence-electron chi connectivity index (χ3n) is 3.09. The largest absolute Gasteiger partial charge is 0.446 e. The molecule has 0 unspecified atom stereocenters. The molecular formula is C14H24N2O. The molecule has 0 aliphatic heterocycles. The number of aryl methyl sites for hydroxylation is 1. The number of hydrogen-bond acceptors (Lipinski definition) is 3. The van der Waals surface area contributed by atoms with Crippen LogP contribution in [0.25, 0.3) is 0 Å². The molecule has 17 heavy (non-hydrogen) atoms. The van der Waals surface area contributed by atoms with Crippen molar-refractivity contribution in [1.82, 2.24) is 10.3 Å². The summed E-state index contributed by atoms with van der Waals surface area (Å²) < 4.78 is 5.72. The fourth-order valence-electron chi connectivity index (χ4n) is 1.92. The van der Waals surface area contributed by atoms with Crippen LogP contribution in [-0.4, -0.2) is 18.1 Å². The Balaban J connectivity index is 1.59. The molecule has 3 nitrogen and oxygen atoms in total. The quantitative estimate of drug-likeness (QED) is 0.705. The average Bonchev–Trinajstić information content (AvgIpc) is 2.97. The molecule has 1 aliphatic carbocycles. The van der Waals surface area contributed by atoms with Crippen molar-refractivity contribution in [2.24, 2.45) is 11.8 Å². The Kier molecular flexibility index (Phi) is 4.60. The van der Waals surface area contributed by atoms with Crippen LogP contribution in [0.15, 0.2) is 10.6 Å². The van der Waals surface area contributed by atoms with Gasteiger partial charge in [-0.15, -0.1) is 0 Å². The minimum atomic E-state index is 0.724. The van der Waals surface area contributed by atoms with Crippen LogP contribution in [0.2, 0.25) is 0 Å². The van der Waals surface area contributed by atoms with Crippen molar-refractivity contribution in [3.8, 4) is 0 Å². The van der Waals surface area contributed by atoms with Crippen molar-refractivity contribution in [1.29, 1.82) is 0 Å². The molecule has 1 fully saturated rings. The van der Waals surface area contributed by atoms with Gasteiger partial charge in [-0.1, -0.05) is 13.8 Å². The Hall–Kier alpha value is -0.830. The van der Waals surface area contributed by atoms with Crippen LogP contribution >= 0.6 is 0 Å². The van der Waals surface area contributed by atoms with E-state index >= 15 is 0 Å². The van der Waals surface area contributed by atoms with E-state index in [1.54, 1.807) is 0 Å². The van der Waals surface area contributed by atoms with Gasteiger partial charge in [-0.3, -0.25) is 0 Å². The van der Waals surface area contributed by atoms with Gasteiger partial charge in [-0.25, -0.2) is 4.98 Å². The maximum Gasteiger partial charge on any atom is 0.194 e. The van der Waals surface area contributed by atoms with Crippen LogP contribution in [0, 0.1) is 11.8 Å². The molecule has 0 bridgehead atoms. The summed E-state index contributed by atoms with van der Waals surface area (Å²) >= 11 is 0. The third-order valence-corrected chi connectivity index (χ3v) is 3.09. The summed E-state index contributed by atoms with van der Waals surface area (Å²) in [7, 11) is 0. The molecule has 0 aromatic carbocycles. The lowest BCUT2D eigenvalue weighted by atomic mass is 10.2. The molecule has 1 aromatic heterocycles. The molecular weight excluding hydrogens is 212 g/mol. The van der Waals surface area contributed by atoms with E-state index in [1.165, 1.54) is 12.8 Å². The van der Waals surface area contributed by atoms with Gasteiger partial charge >= 0.3 is 0 Å². The van der Waals surface area contributed by atoms with E-state index in [1.807, 2.05) is 6.20 Å². The lowest BCUT2D eigenvalue weighted by Crippen LogP contribution is -2.21. The Morgan fingerprint density at radius 1 is 1.47 bits per heavy atom. The fourth-order valence-corrected chi connectivity index (χ4v) is 1.92. The summed E-state index contributed by atoms with van der Waals surface area (Å²) in [5.74, 6) is 3.59. The average molecular weight is 236 g/mol. The van der Waals surface area contributed by atoms with E-state index in [0.717, 1.165) is 55.8 Å². The van der Waals surface area contributed by atoms with Crippen molar-refractivity contribution < 1.29 is 4.42 Å². The first-order valence-electron chi connectivity index (χ1n) is 6.88. The second-order valence-corrected chi connectivity index (χ2v) is 5.57. The molecule has 1 N–H and O–H groups in total. The zero-order chi connectivity index (χ0) is 12.1. The van der Waals surface area contributed by atoms with Crippen molar-refractivity contribution >= 4 is 0 Å². The Bertz CT molecular complexity index is 329. The maximum absolute atomic E-state index is 5.72. The minimum Gasteiger partial charge on any atom is -0.446 e. The van der Waals surface area contributed by atoms with E-state index in [-0.39, 0.29) is 0 Å². The van der Waals surface area contributed by atoms with Gasteiger partial charge in [0.25, 0.3) is 0 Å². The second-order valence-electron chi connectivity index (χ2n) is 5.57. The zero-order valence-corrected chi connectivity index (χ0v) is 11.0. The summed E-state index contributed by atoms with van der Waals surface area (Å²) in [6.07, 6.45) is 7.81. The van der Waals surface area contributed by atoms with E-state index < -0.39 is 0 Å². The molecule has 3 heteroatoms. The lowest BCUT2D eigenvalue weighted by molar-refractivity contribution is 0.437. The van der Waals surface area contributed by atoms with Gasteiger partial charge in [0, 0.05) is 12.8 Å². The first-order valence-corrected chi connectivity index (χ1v) is 6.88. The second kappa shape index (κ2) is 6.20. The summed E-state index contributed by atoms with van der Waals surface area (Å²) in [5, 5.41) is 3.43. The van der Waals surface area contributed by atoms with Gasteiger partial charge in [0.1, 0.15) is 5.76 Å². The Labute approximate surface area is 104 Å². The highest BCUT2D eigenvalue weighted by molar-refractivity contribution is 4.98. The molecule has 1 aromatic rings. The van der Waals surface area contributed by atoms with Crippen LogP contribution in [0.1, 0.15) is 44.8 Å². The molecule has 2 rings (SSSR count). The van der Waals surface area contributed by atoms with Gasteiger partial charge in [-0.2, -0.15) is 0 Å². The van der Waals surface area contributed by atoms with E-state index in [9.17, 15) is 0 Å². The summed E-state index contributed by atoms with van der Waals surface area (Å²) in [6.45, 7) is 6.60. The molecule has 0 amide bonds. The number of nitrogens with one attached hydrogen (secondary N) is 1. The topological polar surface area (TPSA) is 38.1 Å². The molecule has 96 valence electrons. The number of nitrogens with zero attached hydrogens (tertiary/aromatic N) is 1. The van der Waals surface area contributed by atoms with Gasteiger partial charge in [0.15, 0.2) is 5.89 Å². The molecule has 1 heterocycles. The molecule has 1 saturated carbocycles. The lowest BCUT2D eigenvalue weighted by Gasteiger charge is -2.05. The number of oxazole rings is 1. The van der Waals surface area contributed by atoms with Crippen LogP contribution in [-0.2, 0) is 12.8 Å². The van der Waals surface area contributed by atoms with Crippen molar-refractivity contribution in [3.63, 3.8) is 0 Å². The number of hydrogen-bond donors (Lipinski definition) is 1. The number of rotatable bonds is 8. The standard InChI is InChI=1S/C14H24N2O/c1-11(2)9-15-7-3-4-14-16-10-13(17-14)8-12-5-6-12/h10-12,15H,3-9H2,1-2H3. The van der Waals surface area contributed by atoms with Crippen LogP contribution in [0.5, 0.6) is 0 Å². The molecule has 0 spiro atoms. The fraction of sp³-hybridized carbons (Fsp3) is 0.786. The normalized spacial score (nSPS) is 15.7. The van der Waals surface area contributed by atoms with E-state index in [0.29, 0.717) is 0 Å². The maximum atomic E-state index is 5.72. The highest BCUT2D eigenvalue weighted by atomic mass is 16.4. The van der Waals surface area contributed by atoms with Crippen molar-refractivity contribution in [2.45, 2.75) is 46.0 Å². The van der Waals surface area contributed by atoms with Crippen LogP contribution in [0.3, 0.4) is 0 Å². The van der Waals surface area contributed by atoms with E-state index in [2.05, 4.69) is 24.1 Å². The predicted octanol–water partition coefficient (Wildman–Crippen LogP) is 2.81. The summed E-state index contributed by atoms with van der Waals surface area (Å²) in [5.41, 5.74) is 0. The highest BCUT2D eigenvalue weighted by Crippen LogP contribution is 2.32. The van der Waals surface area contributed by atoms with Crippen molar-refractivity contribution in [2.75, 3.05) is 13.1 Å². The van der Waals surface area contributed by atoms with Crippen LogP contribution < -0.4 is 5.32 Å². The highest BCUT2D eigenvalue weighted by Gasteiger charge is 2.23. The van der Waals surface area contributed by atoms with Gasteiger partial charge in [-0.05, 0) is 44.2 Å². The smallest absolute Gasteiger partial charge is 0.194 e. The Morgan fingerprint density at radius 3 is 3.00 bits per heavy atom. The summed E-state index contributed by atoms with van der Waals surface area (Å²) in [6, 6.07) is 0. The van der Waals surface area contributed by atoms with Gasteiger partial charge in [0.05, 0.1) is 6.20 Å². The number of aromatic nitrogens is 1. The first-order chi connectivity index (χ1) is 8.24. The van der Waals surface area contributed by atoms with Gasteiger partial charge in [0.2, 0.25) is 0 Å². The van der Waals surface area contributed by atoms with E-state index in [4.69, 9.17) is 4.42 Å². The molecule has 0 radical (unpaired) electrons.